The van der Waals surface area contributed by atoms with Gasteiger partial charge in [-0.25, -0.2) is 15.0 Å². The first-order valence-corrected chi connectivity index (χ1v) is 17.8. The molecule has 246 valence electrons. The van der Waals surface area contributed by atoms with E-state index in [4.69, 9.17) is 19.4 Å². The van der Waals surface area contributed by atoms with Crippen molar-refractivity contribution in [3.05, 3.63) is 169 Å². The van der Waals surface area contributed by atoms with Crippen molar-refractivity contribution in [1.29, 1.82) is 0 Å². The fourth-order valence-corrected chi connectivity index (χ4v) is 7.49. The van der Waals surface area contributed by atoms with E-state index in [9.17, 15) is 0 Å². The van der Waals surface area contributed by atoms with Gasteiger partial charge in [-0.15, -0.1) is 0 Å². The second-order valence-electron chi connectivity index (χ2n) is 13.7. The Morgan fingerprint density at radius 3 is 2.00 bits per heavy atom. The number of aromatic nitrogens is 3. The van der Waals surface area contributed by atoms with Crippen LogP contribution in [0.3, 0.4) is 0 Å². The van der Waals surface area contributed by atoms with Gasteiger partial charge >= 0.3 is 0 Å². The van der Waals surface area contributed by atoms with Gasteiger partial charge in [-0.05, 0) is 80.4 Å². The summed E-state index contributed by atoms with van der Waals surface area (Å²) in [5.74, 6) is 2.43. The second-order valence-corrected chi connectivity index (χ2v) is 13.7. The van der Waals surface area contributed by atoms with Crippen LogP contribution in [0.5, 0.6) is 0 Å². The smallest absolute Gasteiger partial charge is 0.164 e. The molecule has 7 aromatic carbocycles. The second kappa shape index (κ2) is 12.3. The molecule has 9 aromatic rings. The fraction of sp³-hybridized carbons (Fsp3) is 0.0625. The molecule has 0 saturated carbocycles. The van der Waals surface area contributed by atoms with Crippen LogP contribution in [0.1, 0.15) is 18.9 Å². The van der Waals surface area contributed by atoms with Crippen LogP contribution in [0.25, 0.3) is 94.3 Å². The van der Waals surface area contributed by atoms with Crippen LogP contribution in [0.15, 0.2) is 168 Å². The molecule has 4 heteroatoms. The standard InChI is InChI=1S/C48H33N3O/c1-30-15-17-31(18-16-30)32-19-21-33(22-20-32)38-28-42(45-41-13-7-8-14-43(41)52-44(45)29-38)48-50-46(35-10-3-2-4-11-35)49-47(51-48)37-25-26-40-36(27-37)24-23-34-9-5-6-12-39(34)40/h2-15,17-30H,16H2,1H3/t30-/m1/s1. The zero-order chi connectivity index (χ0) is 34.6. The molecule has 52 heavy (non-hydrogen) atoms. The van der Waals surface area contributed by atoms with Crippen LogP contribution in [0.4, 0.5) is 0 Å². The van der Waals surface area contributed by atoms with E-state index in [0.29, 0.717) is 23.4 Å². The minimum Gasteiger partial charge on any atom is -0.456 e. The van der Waals surface area contributed by atoms with Gasteiger partial charge in [0.05, 0.1) is 0 Å². The molecule has 1 atom stereocenters. The molecule has 1 aliphatic carbocycles. The number of rotatable bonds is 5. The highest BCUT2D eigenvalue weighted by atomic mass is 16.3. The highest BCUT2D eigenvalue weighted by Gasteiger charge is 2.20. The summed E-state index contributed by atoms with van der Waals surface area (Å²) in [6.07, 6.45) is 7.92. The zero-order valence-corrected chi connectivity index (χ0v) is 28.6. The quantitative estimate of drug-likeness (QED) is 0.171. The van der Waals surface area contributed by atoms with Gasteiger partial charge in [-0.2, -0.15) is 0 Å². The van der Waals surface area contributed by atoms with Gasteiger partial charge in [-0.3, -0.25) is 0 Å². The molecule has 4 nitrogen and oxygen atoms in total. The number of benzene rings is 7. The van der Waals surface area contributed by atoms with E-state index in [1.54, 1.807) is 0 Å². The Morgan fingerprint density at radius 1 is 0.500 bits per heavy atom. The van der Waals surface area contributed by atoms with Gasteiger partial charge in [-0.1, -0.05) is 146 Å². The van der Waals surface area contributed by atoms with Crippen LogP contribution in [0.2, 0.25) is 0 Å². The molecule has 2 heterocycles. The molecule has 0 unspecified atom stereocenters. The Morgan fingerprint density at radius 2 is 1.17 bits per heavy atom. The third kappa shape index (κ3) is 5.28. The molecule has 0 fully saturated rings. The first kappa shape index (κ1) is 30.2. The van der Waals surface area contributed by atoms with Crippen molar-refractivity contribution in [1.82, 2.24) is 15.0 Å². The lowest BCUT2D eigenvalue weighted by Crippen LogP contribution is -2.00. The minimum absolute atomic E-state index is 0.580. The lowest BCUT2D eigenvalue weighted by molar-refractivity contribution is 0.669. The Labute approximate surface area is 301 Å². The molecular formula is C48H33N3O. The monoisotopic (exact) mass is 667 g/mol. The Balaban J connectivity index is 1.17. The maximum absolute atomic E-state index is 6.53. The Hall–Kier alpha value is -6.65. The molecule has 0 saturated heterocycles. The van der Waals surface area contributed by atoms with E-state index in [2.05, 4.69) is 128 Å². The lowest BCUT2D eigenvalue weighted by atomic mass is 9.92. The number of allylic oxidation sites excluding steroid dienone is 4. The average Bonchev–Trinajstić information content (AvgIpc) is 3.59. The molecule has 0 aliphatic heterocycles. The summed E-state index contributed by atoms with van der Waals surface area (Å²) in [6, 6.07) is 50.9. The molecular weight excluding hydrogens is 635 g/mol. The van der Waals surface area contributed by atoms with E-state index in [1.165, 1.54) is 27.3 Å². The molecule has 2 aromatic heterocycles. The number of fused-ring (bicyclic) bond motifs is 6. The van der Waals surface area contributed by atoms with Gasteiger partial charge in [0.15, 0.2) is 17.5 Å². The molecule has 0 N–H and O–H groups in total. The summed E-state index contributed by atoms with van der Waals surface area (Å²) >= 11 is 0. The Bertz CT molecular complexity index is 2880. The number of hydrogen-bond donors (Lipinski definition) is 0. The minimum atomic E-state index is 0.580. The normalized spacial score (nSPS) is 14.4. The largest absolute Gasteiger partial charge is 0.456 e. The molecule has 0 radical (unpaired) electrons. The van der Waals surface area contributed by atoms with E-state index in [0.717, 1.165) is 61.6 Å². The summed E-state index contributed by atoms with van der Waals surface area (Å²) < 4.78 is 6.53. The number of furan rings is 1. The average molecular weight is 668 g/mol. The molecule has 10 rings (SSSR count). The Kier molecular flexibility index (Phi) is 7.14. The third-order valence-corrected chi connectivity index (χ3v) is 10.3. The van der Waals surface area contributed by atoms with Crippen LogP contribution < -0.4 is 0 Å². The zero-order valence-electron chi connectivity index (χ0n) is 28.6. The van der Waals surface area contributed by atoms with E-state index < -0.39 is 0 Å². The third-order valence-electron chi connectivity index (χ3n) is 10.3. The topological polar surface area (TPSA) is 51.8 Å². The summed E-state index contributed by atoms with van der Waals surface area (Å²) in [6.45, 7) is 2.25. The van der Waals surface area contributed by atoms with Crippen LogP contribution in [-0.2, 0) is 0 Å². The summed E-state index contributed by atoms with van der Waals surface area (Å²) in [4.78, 5) is 15.5. The maximum Gasteiger partial charge on any atom is 0.164 e. The van der Waals surface area contributed by atoms with Crippen molar-refractivity contribution in [2.75, 3.05) is 0 Å². The predicted octanol–water partition coefficient (Wildman–Crippen LogP) is 12.7. The first-order valence-electron chi connectivity index (χ1n) is 17.8. The summed E-state index contributed by atoms with van der Waals surface area (Å²) in [5.41, 5.74) is 9.02. The molecule has 0 spiro atoms. The van der Waals surface area contributed by atoms with Crippen molar-refractivity contribution in [3.8, 4) is 45.3 Å². The predicted molar refractivity (Wildman–Crippen MR) is 215 cm³/mol. The van der Waals surface area contributed by atoms with Crippen LogP contribution >= 0.6 is 0 Å². The maximum atomic E-state index is 6.53. The van der Waals surface area contributed by atoms with Crippen molar-refractivity contribution in [3.63, 3.8) is 0 Å². The van der Waals surface area contributed by atoms with E-state index >= 15 is 0 Å². The van der Waals surface area contributed by atoms with Crippen molar-refractivity contribution >= 4 is 49.1 Å². The van der Waals surface area contributed by atoms with E-state index in [1.807, 2.05) is 42.5 Å². The number of nitrogens with zero attached hydrogens (tertiary/aromatic N) is 3. The molecule has 1 aliphatic rings. The van der Waals surface area contributed by atoms with Crippen LogP contribution in [0, 0.1) is 5.92 Å². The van der Waals surface area contributed by atoms with Gasteiger partial charge in [0, 0.05) is 27.5 Å². The van der Waals surface area contributed by atoms with Crippen molar-refractivity contribution in [2.24, 2.45) is 5.92 Å². The van der Waals surface area contributed by atoms with Crippen LogP contribution in [-0.4, -0.2) is 15.0 Å². The van der Waals surface area contributed by atoms with Crippen molar-refractivity contribution < 1.29 is 4.42 Å². The number of para-hydroxylation sites is 1. The van der Waals surface area contributed by atoms with Gasteiger partial charge in [0.1, 0.15) is 11.2 Å². The lowest BCUT2D eigenvalue weighted by Gasteiger charge is -2.13. The fourth-order valence-electron chi connectivity index (χ4n) is 7.49. The highest BCUT2D eigenvalue weighted by Crippen LogP contribution is 2.40. The van der Waals surface area contributed by atoms with E-state index in [-0.39, 0.29) is 0 Å². The van der Waals surface area contributed by atoms with Crippen molar-refractivity contribution in [2.45, 2.75) is 13.3 Å². The highest BCUT2D eigenvalue weighted by molar-refractivity contribution is 6.13. The SMILES string of the molecule is C[C@@H]1C=CC(c2ccc(-c3cc(-c4nc(-c5ccccc5)nc(-c5ccc6c(ccc7ccccc76)c5)n4)c4c(c3)oc3ccccc34)cc2)=CC1. The molecule has 0 bridgehead atoms. The first-order chi connectivity index (χ1) is 25.6. The van der Waals surface area contributed by atoms with Gasteiger partial charge in [0.2, 0.25) is 0 Å². The summed E-state index contributed by atoms with van der Waals surface area (Å²) in [5, 5.41) is 6.81. The van der Waals surface area contributed by atoms with Gasteiger partial charge in [0.25, 0.3) is 0 Å². The summed E-state index contributed by atoms with van der Waals surface area (Å²) in [7, 11) is 0. The number of hydrogen-bond acceptors (Lipinski definition) is 4. The van der Waals surface area contributed by atoms with Gasteiger partial charge < -0.3 is 4.42 Å². The molecule has 0 amide bonds.